The Labute approximate surface area is 146 Å². The Hall–Kier alpha value is -2.41. The summed E-state index contributed by atoms with van der Waals surface area (Å²) in [6.45, 7) is 4.37. The van der Waals surface area contributed by atoms with E-state index >= 15 is 0 Å². The van der Waals surface area contributed by atoms with E-state index in [1.54, 1.807) is 4.90 Å². The highest BCUT2D eigenvalue weighted by atomic mass is 16.2. The standard InChI is InChI=1S/C18H23N5O2/c1-3-6-22-16(24)10-23(18(22)25)15-7-13(12-4-5-12)8-21-9-14(11(2)19)20-17(15)21/h7-9,11-12H,3-6,10,19H2,1-2H3. The number of carbonyl (C=O) groups excluding carboxylic acids is 2. The molecule has 0 aromatic carbocycles. The van der Waals surface area contributed by atoms with Gasteiger partial charge in [-0.1, -0.05) is 6.92 Å². The van der Waals surface area contributed by atoms with Crippen molar-refractivity contribution in [3.8, 4) is 0 Å². The first-order valence-electron chi connectivity index (χ1n) is 8.89. The van der Waals surface area contributed by atoms with E-state index in [1.807, 2.05) is 30.5 Å². The van der Waals surface area contributed by atoms with Crippen molar-refractivity contribution < 1.29 is 9.59 Å². The van der Waals surface area contributed by atoms with Crippen LogP contribution in [0.25, 0.3) is 5.65 Å². The Bertz CT molecular complexity index is 853. The van der Waals surface area contributed by atoms with Crippen LogP contribution < -0.4 is 10.6 Å². The summed E-state index contributed by atoms with van der Waals surface area (Å²) >= 11 is 0. The van der Waals surface area contributed by atoms with Crippen LogP contribution >= 0.6 is 0 Å². The number of hydrogen-bond acceptors (Lipinski definition) is 4. The summed E-state index contributed by atoms with van der Waals surface area (Å²) in [4.78, 5) is 32.5. The summed E-state index contributed by atoms with van der Waals surface area (Å²) < 4.78 is 1.95. The fourth-order valence-electron chi connectivity index (χ4n) is 3.35. The molecule has 7 heteroatoms. The van der Waals surface area contributed by atoms with Gasteiger partial charge in [0.15, 0.2) is 5.65 Å². The average molecular weight is 341 g/mol. The summed E-state index contributed by atoms with van der Waals surface area (Å²) in [5.41, 5.74) is 9.32. The zero-order chi connectivity index (χ0) is 17.7. The van der Waals surface area contributed by atoms with Crippen LogP contribution in [0.2, 0.25) is 0 Å². The highest BCUT2D eigenvalue weighted by Gasteiger charge is 2.38. The largest absolute Gasteiger partial charge is 0.331 e. The molecule has 25 heavy (non-hydrogen) atoms. The molecule has 2 N–H and O–H groups in total. The van der Waals surface area contributed by atoms with Gasteiger partial charge in [-0.2, -0.15) is 0 Å². The monoisotopic (exact) mass is 341 g/mol. The van der Waals surface area contributed by atoms with Crippen LogP contribution in [0, 0.1) is 0 Å². The van der Waals surface area contributed by atoms with Crippen molar-refractivity contribution in [1.29, 1.82) is 0 Å². The van der Waals surface area contributed by atoms with E-state index in [4.69, 9.17) is 5.73 Å². The van der Waals surface area contributed by atoms with Gasteiger partial charge in [0.25, 0.3) is 5.91 Å². The van der Waals surface area contributed by atoms with Crippen LogP contribution in [0.1, 0.15) is 56.3 Å². The number of amides is 3. The van der Waals surface area contributed by atoms with Crippen LogP contribution in [0.4, 0.5) is 10.5 Å². The molecule has 0 spiro atoms. The van der Waals surface area contributed by atoms with Crippen molar-refractivity contribution in [3.05, 3.63) is 29.7 Å². The fourth-order valence-corrected chi connectivity index (χ4v) is 3.35. The summed E-state index contributed by atoms with van der Waals surface area (Å²) in [5.74, 6) is 0.380. The van der Waals surface area contributed by atoms with Gasteiger partial charge in [-0.3, -0.25) is 14.6 Å². The average Bonchev–Trinajstić information content (AvgIpc) is 3.28. The fraction of sp³-hybridized carbons (Fsp3) is 0.500. The molecule has 0 bridgehead atoms. The Morgan fingerprint density at radius 3 is 2.72 bits per heavy atom. The summed E-state index contributed by atoms with van der Waals surface area (Å²) in [7, 11) is 0. The lowest BCUT2D eigenvalue weighted by Gasteiger charge is -2.18. The molecular weight excluding hydrogens is 318 g/mol. The topological polar surface area (TPSA) is 83.9 Å². The van der Waals surface area contributed by atoms with Gasteiger partial charge in [0.2, 0.25) is 0 Å². The van der Waals surface area contributed by atoms with Crippen molar-refractivity contribution >= 4 is 23.3 Å². The van der Waals surface area contributed by atoms with Gasteiger partial charge >= 0.3 is 6.03 Å². The quantitative estimate of drug-likeness (QED) is 0.847. The number of imide groups is 1. The maximum atomic E-state index is 12.8. The molecule has 0 radical (unpaired) electrons. The lowest BCUT2D eigenvalue weighted by molar-refractivity contribution is -0.124. The Morgan fingerprint density at radius 2 is 2.08 bits per heavy atom. The molecule has 1 aliphatic heterocycles. The number of nitrogens with two attached hydrogens (primary N) is 1. The van der Waals surface area contributed by atoms with Crippen molar-refractivity contribution in [2.75, 3.05) is 18.0 Å². The number of hydrogen-bond donors (Lipinski definition) is 1. The Morgan fingerprint density at radius 1 is 1.32 bits per heavy atom. The van der Waals surface area contributed by atoms with Crippen molar-refractivity contribution in [2.24, 2.45) is 5.73 Å². The van der Waals surface area contributed by atoms with Crippen LogP contribution in [-0.2, 0) is 4.79 Å². The Kier molecular flexibility index (Phi) is 3.76. The number of nitrogens with zero attached hydrogens (tertiary/aromatic N) is 4. The number of fused-ring (bicyclic) bond motifs is 1. The highest BCUT2D eigenvalue weighted by Crippen LogP contribution is 2.42. The number of imidazole rings is 1. The molecule has 1 atom stereocenters. The van der Waals surface area contributed by atoms with E-state index in [1.165, 1.54) is 10.5 Å². The first-order chi connectivity index (χ1) is 12.0. The van der Waals surface area contributed by atoms with Gasteiger partial charge in [0.05, 0.1) is 11.4 Å². The lowest BCUT2D eigenvalue weighted by atomic mass is 10.1. The zero-order valence-corrected chi connectivity index (χ0v) is 14.6. The number of pyridine rings is 1. The van der Waals surface area contributed by atoms with Crippen molar-refractivity contribution in [2.45, 2.75) is 45.1 Å². The highest BCUT2D eigenvalue weighted by molar-refractivity contribution is 6.13. The van der Waals surface area contributed by atoms with Gasteiger partial charge < -0.3 is 10.1 Å². The molecule has 2 aliphatic rings. The van der Waals surface area contributed by atoms with E-state index in [0.29, 0.717) is 23.8 Å². The summed E-state index contributed by atoms with van der Waals surface area (Å²) in [5, 5.41) is 0. The van der Waals surface area contributed by atoms with E-state index in [-0.39, 0.29) is 24.5 Å². The van der Waals surface area contributed by atoms with E-state index < -0.39 is 0 Å². The first-order valence-corrected chi connectivity index (χ1v) is 8.89. The molecule has 4 rings (SSSR count). The molecule has 1 saturated heterocycles. The number of anilines is 1. The second kappa shape index (κ2) is 5.84. The Balaban J connectivity index is 1.82. The predicted octanol–water partition coefficient (Wildman–Crippen LogP) is 2.41. The second-order valence-corrected chi connectivity index (χ2v) is 7.03. The number of carbonyl (C=O) groups is 2. The summed E-state index contributed by atoms with van der Waals surface area (Å²) in [6.07, 6.45) is 7.06. The third-order valence-electron chi connectivity index (χ3n) is 4.88. The van der Waals surface area contributed by atoms with E-state index in [0.717, 1.165) is 25.0 Å². The maximum Gasteiger partial charge on any atom is 0.331 e. The number of aromatic nitrogens is 2. The molecule has 1 saturated carbocycles. The molecule has 2 aromatic heterocycles. The number of rotatable bonds is 5. The zero-order valence-electron chi connectivity index (χ0n) is 14.6. The van der Waals surface area contributed by atoms with Gasteiger partial charge in [0, 0.05) is 25.0 Å². The van der Waals surface area contributed by atoms with Gasteiger partial charge in [-0.05, 0) is 43.7 Å². The molecule has 3 heterocycles. The van der Waals surface area contributed by atoms with E-state index in [9.17, 15) is 9.59 Å². The second-order valence-electron chi connectivity index (χ2n) is 7.03. The normalized spacial score (nSPS) is 19.3. The smallest absolute Gasteiger partial charge is 0.323 e. The predicted molar refractivity (Wildman–Crippen MR) is 94.5 cm³/mol. The van der Waals surface area contributed by atoms with Crippen LogP contribution in [-0.4, -0.2) is 39.3 Å². The molecule has 2 aromatic rings. The van der Waals surface area contributed by atoms with Crippen molar-refractivity contribution in [1.82, 2.24) is 14.3 Å². The lowest BCUT2D eigenvalue weighted by Crippen LogP contribution is -2.33. The first kappa shape index (κ1) is 16.1. The van der Waals surface area contributed by atoms with Crippen LogP contribution in [0.5, 0.6) is 0 Å². The third kappa shape index (κ3) is 2.68. The summed E-state index contributed by atoms with van der Waals surface area (Å²) in [6, 6.07) is 1.57. The van der Waals surface area contributed by atoms with Gasteiger partial charge in [-0.15, -0.1) is 0 Å². The van der Waals surface area contributed by atoms with Crippen LogP contribution in [0.3, 0.4) is 0 Å². The minimum absolute atomic E-state index is 0.0724. The van der Waals surface area contributed by atoms with Crippen LogP contribution in [0.15, 0.2) is 18.5 Å². The molecule has 2 fully saturated rings. The molecule has 3 amide bonds. The number of urea groups is 1. The third-order valence-corrected chi connectivity index (χ3v) is 4.88. The van der Waals surface area contributed by atoms with E-state index in [2.05, 4.69) is 11.2 Å². The molecular formula is C18H23N5O2. The minimum atomic E-state index is -0.257. The molecule has 7 nitrogen and oxygen atoms in total. The maximum absolute atomic E-state index is 12.8. The molecule has 132 valence electrons. The SMILES string of the molecule is CCCN1C(=O)CN(c2cc(C3CC3)cn3cc(C(C)N)nc23)C1=O. The molecule has 1 aliphatic carbocycles. The van der Waals surface area contributed by atoms with Gasteiger partial charge in [-0.25, -0.2) is 9.78 Å². The molecule has 1 unspecified atom stereocenters. The van der Waals surface area contributed by atoms with Gasteiger partial charge in [0.1, 0.15) is 6.54 Å². The minimum Gasteiger partial charge on any atom is -0.323 e. The van der Waals surface area contributed by atoms with Crippen molar-refractivity contribution in [3.63, 3.8) is 0 Å².